The molecule has 3 amide bonds. The molecule has 0 bridgehead atoms. The van der Waals surface area contributed by atoms with Crippen molar-refractivity contribution < 1.29 is 14.4 Å². The molecule has 0 unspecified atom stereocenters. The predicted molar refractivity (Wildman–Crippen MR) is 116 cm³/mol. The van der Waals surface area contributed by atoms with Crippen LogP contribution in [0.4, 0.5) is 5.69 Å². The number of nitrogens with one attached hydrogen (secondary N) is 1. The summed E-state index contributed by atoms with van der Waals surface area (Å²) in [7, 11) is 0. The number of thiazole rings is 1. The van der Waals surface area contributed by atoms with E-state index in [1.807, 2.05) is 32.9 Å². The van der Waals surface area contributed by atoms with Crippen molar-refractivity contribution in [3.05, 3.63) is 18.2 Å². The highest BCUT2D eigenvalue weighted by atomic mass is 32.2. The summed E-state index contributed by atoms with van der Waals surface area (Å²) in [6, 6.07) is 5.53. The molecule has 2 atom stereocenters. The van der Waals surface area contributed by atoms with Gasteiger partial charge in [-0.05, 0) is 51.8 Å². The van der Waals surface area contributed by atoms with Crippen LogP contribution in [0.1, 0.15) is 46.5 Å². The fourth-order valence-corrected chi connectivity index (χ4v) is 5.99. The van der Waals surface area contributed by atoms with Crippen molar-refractivity contribution in [2.75, 3.05) is 10.7 Å². The second-order valence-electron chi connectivity index (χ2n) is 8.73. The van der Waals surface area contributed by atoms with Gasteiger partial charge in [0.1, 0.15) is 0 Å². The summed E-state index contributed by atoms with van der Waals surface area (Å²) >= 11 is 2.88. The average Bonchev–Trinajstić information content (AvgIpc) is 3.17. The van der Waals surface area contributed by atoms with Gasteiger partial charge in [0.15, 0.2) is 4.34 Å². The molecule has 8 heteroatoms. The van der Waals surface area contributed by atoms with Crippen LogP contribution in [0, 0.1) is 11.8 Å². The highest BCUT2D eigenvalue weighted by Crippen LogP contribution is 2.41. The van der Waals surface area contributed by atoms with Crippen molar-refractivity contribution in [2.24, 2.45) is 11.8 Å². The molecule has 1 saturated heterocycles. The Bertz CT molecular complexity index is 955. The Labute approximate surface area is 178 Å². The molecule has 1 N–H and O–H groups in total. The molecular formula is C21H25N3O3S2. The summed E-state index contributed by atoms with van der Waals surface area (Å²) in [6.07, 6.45) is 3.66. The quantitative estimate of drug-likeness (QED) is 0.585. The maximum atomic E-state index is 12.8. The summed E-state index contributed by atoms with van der Waals surface area (Å²) in [6.45, 7) is 5.85. The van der Waals surface area contributed by atoms with E-state index in [4.69, 9.17) is 0 Å². The normalized spacial score (nSPS) is 22.2. The number of carbonyl (C=O) groups is 3. The van der Waals surface area contributed by atoms with E-state index in [2.05, 4.69) is 10.3 Å². The van der Waals surface area contributed by atoms with Crippen molar-refractivity contribution in [2.45, 2.75) is 56.3 Å². The van der Waals surface area contributed by atoms with Crippen LogP contribution in [0.25, 0.3) is 10.2 Å². The van der Waals surface area contributed by atoms with E-state index in [1.54, 1.807) is 6.07 Å². The Balaban J connectivity index is 1.51. The molecule has 2 fully saturated rings. The van der Waals surface area contributed by atoms with Gasteiger partial charge in [0.05, 0.1) is 33.5 Å². The number of anilines is 1. The van der Waals surface area contributed by atoms with E-state index in [1.165, 1.54) is 28.0 Å². The van der Waals surface area contributed by atoms with Crippen molar-refractivity contribution in [1.29, 1.82) is 0 Å². The first kappa shape index (κ1) is 20.3. The second kappa shape index (κ2) is 7.72. The topological polar surface area (TPSA) is 79.4 Å². The van der Waals surface area contributed by atoms with Gasteiger partial charge in [-0.25, -0.2) is 4.98 Å². The van der Waals surface area contributed by atoms with Gasteiger partial charge in [0.2, 0.25) is 17.7 Å². The van der Waals surface area contributed by atoms with Crippen molar-refractivity contribution in [3.8, 4) is 0 Å². The molecule has 2 heterocycles. The third-order valence-corrected chi connectivity index (χ3v) is 7.45. The number of hydrogen-bond acceptors (Lipinski definition) is 6. The van der Waals surface area contributed by atoms with Crippen molar-refractivity contribution in [3.63, 3.8) is 0 Å². The maximum absolute atomic E-state index is 12.8. The lowest BCUT2D eigenvalue weighted by Gasteiger charge is -2.19. The fourth-order valence-electron chi connectivity index (χ4n) is 4.09. The van der Waals surface area contributed by atoms with Crippen LogP contribution in [0.5, 0.6) is 0 Å². The lowest BCUT2D eigenvalue weighted by Crippen LogP contribution is -2.41. The number of nitrogens with zero attached hydrogens (tertiary/aromatic N) is 2. The molecule has 2 aliphatic rings. The highest BCUT2D eigenvalue weighted by molar-refractivity contribution is 8.01. The van der Waals surface area contributed by atoms with E-state index in [9.17, 15) is 14.4 Å². The first-order chi connectivity index (χ1) is 13.7. The Morgan fingerprint density at radius 2 is 1.86 bits per heavy atom. The minimum Gasteiger partial charge on any atom is -0.351 e. The third-order valence-electron chi connectivity index (χ3n) is 5.29. The molecule has 4 rings (SSSR count). The molecule has 1 aliphatic carbocycles. The first-order valence-electron chi connectivity index (χ1n) is 9.95. The van der Waals surface area contributed by atoms with E-state index in [0.717, 1.165) is 40.2 Å². The minimum absolute atomic E-state index is 0.0293. The molecule has 0 radical (unpaired) electrons. The summed E-state index contributed by atoms with van der Waals surface area (Å²) < 4.78 is 1.71. The minimum atomic E-state index is -0.258. The molecule has 2 aromatic rings. The second-order valence-corrected chi connectivity index (χ2v) is 11.0. The molecule has 1 saturated carbocycles. The third kappa shape index (κ3) is 4.19. The van der Waals surface area contributed by atoms with E-state index in [-0.39, 0.29) is 35.1 Å². The molecule has 1 aliphatic heterocycles. The molecule has 154 valence electrons. The Hall–Kier alpha value is -1.93. The number of hydrogen-bond donors (Lipinski definition) is 1. The number of imide groups is 1. The first-order valence-corrected chi connectivity index (χ1v) is 11.8. The zero-order valence-electron chi connectivity index (χ0n) is 16.9. The largest absolute Gasteiger partial charge is 0.351 e. The van der Waals surface area contributed by atoms with Crippen molar-refractivity contribution in [1.82, 2.24) is 10.3 Å². The molecule has 0 spiro atoms. The number of thioether (sulfide) groups is 1. The van der Waals surface area contributed by atoms with Gasteiger partial charge in [-0.3, -0.25) is 19.3 Å². The van der Waals surface area contributed by atoms with Gasteiger partial charge < -0.3 is 5.32 Å². The molecule has 1 aromatic heterocycles. The molecular weight excluding hydrogens is 406 g/mol. The summed E-state index contributed by atoms with van der Waals surface area (Å²) in [5.74, 6) is -0.148. The van der Waals surface area contributed by atoms with Crippen LogP contribution >= 0.6 is 23.1 Å². The Morgan fingerprint density at radius 1 is 1.21 bits per heavy atom. The average molecular weight is 432 g/mol. The maximum Gasteiger partial charge on any atom is 0.237 e. The zero-order chi connectivity index (χ0) is 20.8. The molecule has 29 heavy (non-hydrogen) atoms. The number of aromatic nitrogens is 1. The zero-order valence-corrected chi connectivity index (χ0v) is 18.5. The van der Waals surface area contributed by atoms with Crippen LogP contribution in [0.15, 0.2) is 22.5 Å². The standard InChI is InChI=1S/C21H25N3O3S2/c1-21(2,3)23-17(25)11-28-20-22-15-9-8-12(10-16(15)29-20)24-18(26)13-6-4-5-7-14(13)19(24)27/h8-10,13-14H,4-7,11H2,1-3H3,(H,23,25)/t13-,14-/m1/s1. The fraction of sp³-hybridized carbons (Fsp3) is 0.524. The van der Waals surface area contributed by atoms with Crippen LogP contribution in [0.3, 0.4) is 0 Å². The van der Waals surface area contributed by atoms with Crippen LogP contribution in [0.2, 0.25) is 0 Å². The lowest BCUT2D eigenvalue weighted by atomic mass is 9.81. The van der Waals surface area contributed by atoms with E-state index >= 15 is 0 Å². The van der Waals surface area contributed by atoms with Gasteiger partial charge in [-0.1, -0.05) is 24.6 Å². The van der Waals surface area contributed by atoms with Crippen LogP contribution in [-0.4, -0.2) is 34.0 Å². The lowest BCUT2D eigenvalue weighted by molar-refractivity contribution is -0.123. The van der Waals surface area contributed by atoms with E-state index in [0.29, 0.717) is 11.4 Å². The number of carbonyl (C=O) groups excluding carboxylic acids is 3. The Morgan fingerprint density at radius 3 is 2.48 bits per heavy atom. The highest BCUT2D eigenvalue weighted by Gasteiger charge is 2.48. The van der Waals surface area contributed by atoms with Crippen LogP contribution < -0.4 is 10.2 Å². The van der Waals surface area contributed by atoms with Crippen molar-refractivity contribution >= 4 is 56.7 Å². The number of rotatable bonds is 4. The van der Waals surface area contributed by atoms with E-state index < -0.39 is 0 Å². The molecule has 1 aromatic carbocycles. The molecule has 6 nitrogen and oxygen atoms in total. The number of benzene rings is 1. The number of fused-ring (bicyclic) bond motifs is 2. The number of amides is 3. The van der Waals surface area contributed by atoms with Gasteiger partial charge >= 0.3 is 0 Å². The monoisotopic (exact) mass is 431 g/mol. The van der Waals surface area contributed by atoms with Gasteiger partial charge in [-0.15, -0.1) is 11.3 Å². The SMILES string of the molecule is CC(C)(C)NC(=O)CSc1nc2ccc(N3C(=O)[C@@H]4CCCC[C@H]4C3=O)cc2s1. The summed E-state index contributed by atoms with van der Waals surface area (Å²) in [5, 5.41) is 2.94. The predicted octanol–water partition coefficient (Wildman–Crippen LogP) is 3.98. The summed E-state index contributed by atoms with van der Waals surface area (Å²) in [5.41, 5.74) is 1.19. The van der Waals surface area contributed by atoms with Gasteiger partial charge in [-0.2, -0.15) is 0 Å². The van der Waals surface area contributed by atoms with Gasteiger partial charge in [0.25, 0.3) is 0 Å². The Kier molecular flexibility index (Phi) is 5.42. The smallest absolute Gasteiger partial charge is 0.237 e. The van der Waals surface area contributed by atoms with Crippen LogP contribution in [-0.2, 0) is 14.4 Å². The van der Waals surface area contributed by atoms with Gasteiger partial charge in [0, 0.05) is 5.54 Å². The summed E-state index contributed by atoms with van der Waals surface area (Å²) in [4.78, 5) is 43.6.